The molecule has 4 heteroatoms. The summed E-state index contributed by atoms with van der Waals surface area (Å²) in [5.41, 5.74) is 0. The molecule has 1 atom stereocenters. The first-order chi connectivity index (χ1) is 6.36. The summed E-state index contributed by atoms with van der Waals surface area (Å²) in [6.07, 6.45) is 4.60. The predicted molar refractivity (Wildman–Crippen MR) is 51.4 cm³/mol. The Bertz CT molecular complexity index is 211. The van der Waals surface area contributed by atoms with E-state index in [1.165, 1.54) is 0 Å². The van der Waals surface area contributed by atoms with Crippen LogP contribution in [0.1, 0.15) is 13.3 Å². The van der Waals surface area contributed by atoms with Gasteiger partial charge in [0, 0.05) is 25.0 Å². The molecule has 0 bridgehead atoms. The van der Waals surface area contributed by atoms with E-state index in [0.29, 0.717) is 0 Å². The maximum atomic E-state index is 8.99. The van der Waals surface area contributed by atoms with Crippen molar-refractivity contribution in [2.45, 2.75) is 25.9 Å². The Balaban J connectivity index is 2.23. The van der Waals surface area contributed by atoms with Crippen molar-refractivity contribution in [1.29, 1.82) is 0 Å². The van der Waals surface area contributed by atoms with Crippen molar-refractivity contribution in [2.75, 3.05) is 13.2 Å². The largest absolute Gasteiger partial charge is 0.395 e. The van der Waals surface area contributed by atoms with Crippen LogP contribution >= 0.6 is 0 Å². The lowest BCUT2D eigenvalue weighted by Crippen LogP contribution is -2.33. The van der Waals surface area contributed by atoms with Crippen LogP contribution in [0.5, 0.6) is 0 Å². The normalized spacial score (nSPS) is 13.1. The van der Waals surface area contributed by atoms with Gasteiger partial charge in [0.05, 0.1) is 6.61 Å². The minimum absolute atomic E-state index is 0.189. The fourth-order valence-electron chi connectivity index (χ4n) is 1.27. The zero-order chi connectivity index (χ0) is 9.52. The molecule has 1 rings (SSSR count). The van der Waals surface area contributed by atoms with Crippen molar-refractivity contribution >= 4 is 0 Å². The van der Waals surface area contributed by atoms with Crippen LogP contribution in [-0.4, -0.2) is 34.1 Å². The molecule has 1 aromatic heterocycles. The fraction of sp³-hybridized carbons (Fsp3) is 0.667. The third-order valence-electron chi connectivity index (χ3n) is 1.98. The third-order valence-corrected chi connectivity index (χ3v) is 1.98. The Labute approximate surface area is 78.6 Å². The molecular formula is C9H17N3O. The first kappa shape index (κ1) is 10.2. The van der Waals surface area contributed by atoms with E-state index in [0.717, 1.165) is 19.5 Å². The molecule has 0 saturated heterocycles. The Morgan fingerprint density at radius 1 is 1.62 bits per heavy atom. The molecule has 0 radical (unpaired) electrons. The summed E-state index contributed by atoms with van der Waals surface area (Å²) in [6.45, 7) is 3.97. The van der Waals surface area contributed by atoms with E-state index in [9.17, 15) is 0 Å². The van der Waals surface area contributed by atoms with Gasteiger partial charge >= 0.3 is 0 Å². The fourth-order valence-corrected chi connectivity index (χ4v) is 1.27. The number of aliphatic hydroxyl groups is 1. The van der Waals surface area contributed by atoms with Gasteiger partial charge in [0.25, 0.3) is 0 Å². The number of likely N-dealkylation sites (N-methyl/N-ethyl adjacent to an activating group) is 1. The zero-order valence-corrected chi connectivity index (χ0v) is 7.98. The van der Waals surface area contributed by atoms with Crippen molar-refractivity contribution < 1.29 is 5.11 Å². The van der Waals surface area contributed by atoms with Gasteiger partial charge in [-0.05, 0) is 19.0 Å². The van der Waals surface area contributed by atoms with Crippen LogP contribution in [0.4, 0.5) is 0 Å². The van der Waals surface area contributed by atoms with Crippen LogP contribution in [0.2, 0.25) is 0 Å². The molecule has 0 amide bonds. The number of nitrogens with zero attached hydrogens (tertiary/aromatic N) is 2. The first-order valence-electron chi connectivity index (χ1n) is 4.68. The van der Waals surface area contributed by atoms with Gasteiger partial charge in [-0.15, -0.1) is 0 Å². The lowest BCUT2D eigenvalue weighted by Gasteiger charge is -2.14. The lowest BCUT2D eigenvalue weighted by atomic mass is 10.2. The standard InChI is InChI=1S/C9H17N3O/c1-2-10-9(8-13)4-7-12-6-3-5-11-12/h3,5-6,9-10,13H,2,4,7-8H2,1H3. The molecule has 1 heterocycles. The Hall–Kier alpha value is -0.870. The number of aromatic nitrogens is 2. The highest BCUT2D eigenvalue weighted by Crippen LogP contribution is 1.95. The quantitative estimate of drug-likeness (QED) is 0.664. The van der Waals surface area contributed by atoms with Gasteiger partial charge in [0.2, 0.25) is 0 Å². The number of nitrogens with one attached hydrogen (secondary N) is 1. The predicted octanol–water partition coefficient (Wildman–Crippen LogP) is 0.244. The number of hydrogen-bond donors (Lipinski definition) is 2. The van der Waals surface area contributed by atoms with Gasteiger partial charge in [0.15, 0.2) is 0 Å². The molecule has 0 aliphatic rings. The molecule has 13 heavy (non-hydrogen) atoms. The number of aryl methyl sites for hydroxylation is 1. The van der Waals surface area contributed by atoms with Crippen LogP contribution < -0.4 is 5.32 Å². The Morgan fingerprint density at radius 2 is 2.46 bits per heavy atom. The molecule has 1 unspecified atom stereocenters. The van der Waals surface area contributed by atoms with Crippen molar-refractivity contribution in [3.8, 4) is 0 Å². The van der Waals surface area contributed by atoms with E-state index in [1.807, 2.05) is 23.9 Å². The summed E-state index contributed by atoms with van der Waals surface area (Å²) >= 11 is 0. The molecule has 4 nitrogen and oxygen atoms in total. The van der Waals surface area contributed by atoms with Crippen LogP contribution in [0.25, 0.3) is 0 Å². The third kappa shape index (κ3) is 3.57. The minimum atomic E-state index is 0.189. The zero-order valence-electron chi connectivity index (χ0n) is 7.98. The summed E-state index contributed by atoms with van der Waals surface area (Å²) in [5.74, 6) is 0. The van der Waals surface area contributed by atoms with Crippen molar-refractivity contribution in [3.05, 3.63) is 18.5 Å². The second-order valence-corrected chi connectivity index (χ2v) is 2.99. The summed E-state index contributed by atoms with van der Waals surface area (Å²) in [5, 5.41) is 16.3. The maximum Gasteiger partial charge on any atom is 0.0585 e. The average Bonchev–Trinajstić information content (AvgIpc) is 2.64. The molecule has 0 aliphatic heterocycles. The monoisotopic (exact) mass is 183 g/mol. The summed E-state index contributed by atoms with van der Waals surface area (Å²) < 4.78 is 1.88. The SMILES string of the molecule is CCNC(CO)CCn1cccn1. The molecule has 0 aliphatic carbocycles. The van der Waals surface area contributed by atoms with E-state index >= 15 is 0 Å². The highest BCUT2D eigenvalue weighted by atomic mass is 16.3. The van der Waals surface area contributed by atoms with Crippen molar-refractivity contribution in [2.24, 2.45) is 0 Å². The van der Waals surface area contributed by atoms with E-state index in [-0.39, 0.29) is 12.6 Å². The lowest BCUT2D eigenvalue weighted by molar-refractivity contribution is 0.232. The highest BCUT2D eigenvalue weighted by Gasteiger charge is 2.04. The van der Waals surface area contributed by atoms with E-state index in [2.05, 4.69) is 10.4 Å². The van der Waals surface area contributed by atoms with Crippen molar-refractivity contribution in [1.82, 2.24) is 15.1 Å². The van der Waals surface area contributed by atoms with Gasteiger partial charge in [-0.2, -0.15) is 5.10 Å². The van der Waals surface area contributed by atoms with Crippen LogP contribution in [-0.2, 0) is 6.54 Å². The summed E-state index contributed by atoms with van der Waals surface area (Å²) in [6, 6.07) is 2.09. The second kappa shape index (κ2) is 5.72. The highest BCUT2D eigenvalue weighted by molar-refractivity contribution is 4.78. The summed E-state index contributed by atoms with van der Waals surface area (Å²) in [7, 11) is 0. The Kier molecular flexibility index (Phi) is 4.49. The number of hydrogen-bond acceptors (Lipinski definition) is 3. The van der Waals surface area contributed by atoms with Crippen LogP contribution in [0.15, 0.2) is 18.5 Å². The molecular weight excluding hydrogens is 166 g/mol. The molecule has 0 aromatic carbocycles. The van der Waals surface area contributed by atoms with E-state index in [4.69, 9.17) is 5.11 Å². The topological polar surface area (TPSA) is 50.1 Å². The smallest absolute Gasteiger partial charge is 0.0585 e. The molecule has 2 N–H and O–H groups in total. The van der Waals surface area contributed by atoms with Gasteiger partial charge in [-0.3, -0.25) is 4.68 Å². The Morgan fingerprint density at radius 3 is 3.00 bits per heavy atom. The van der Waals surface area contributed by atoms with E-state index < -0.39 is 0 Å². The van der Waals surface area contributed by atoms with Gasteiger partial charge < -0.3 is 10.4 Å². The molecule has 0 fully saturated rings. The maximum absolute atomic E-state index is 8.99. The van der Waals surface area contributed by atoms with Crippen LogP contribution in [0.3, 0.4) is 0 Å². The molecule has 74 valence electrons. The molecule has 0 spiro atoms. The van der Waals surface area contributed by atoms with Gasteiger partial charge in [0.1, 0.15) is 0 Å². The molecule has 1 aromatic rings. The van der Waals surface area contributed by atoms with Gasteiger partial charge in [-0.25, -0.2) is 0 Å². The number of aliphatic hydroxyl groups excluding tert-OH is 1. The number of rotatable bonds is 6. The van der Waals surface area contributed by atoms with Gasteiger partial charge in [-0.1, -0.05) is 6.92 Å². The van der Waals surface area contributed by atoms with E-state index in [1.54, 1.807) is 6.20 Å². The van der Waals surface area contributed by atoms with Crippen LogP contribution in [0, 0.1) is 0 Å². The first-order valence-corrected chi connectivity index (χ1v) is 4.68. The summed E-state index contributed by atoms with van der Waals surface area (Å²) in [4.78, 5) is 0. The van der Waals surface area contributed by atoms with Crippen molar-refractivity contribution in [3.63, 3.8) is 0 Å². The average molecular weight is 183 g/mol. The molecule has 0 saturated carbocycles. The second-order valence-electron chi connectivity index (χ2n) is 2.99. The minimum Gasteiger partial charge on any atom is -0.395 e.